The van der Waals surface area contributed by atoms with E-state index < -0.39 is 6.10 Å². The number of nitrogens with zero attached hydrogens (tertiary/aromatic N) is 1. The van der Waals surface area contributed by atoms with Crippen LogP contribution in [0, 0.1) is 23.2 Å². The van der Waals surface area contributed by atoms with Crippen LogP contribution in [0.2, 0.25) is 0 Å². The Kier molecular flexibility index (Phi) is 6.42. The molecule has 1 atom stereocenters. The van der Waals surface area contributed by atoms with Gasteiger partial charge in [-0.25, -0.2) is 0 Å². The molecular formula is C8H11NO2. The fourth-order valence-corrected chi connectivity index (χ4v) is 0.491. The van der Waals surface area contributed by atoms with Crippen LogP contribution in [-0.2, 0) is 0 Å². The summed E-state index contributed by atoms with van der Waals surface area (Å²) in [4.78, 5) is 0. The number of hydrogen-bond acceptors (Lipinski definition) is 3. The topological polar surface area (TPSA) is 64.2 Å². The Morgan fingerprint density at radius 1 is 1.36 bits per heavy atom. The van der Waals surface area contributed by atoms with E-state index in [0.717, 1.165) is 6.42 Å². The summed E-state index contributed by atoms with van der Waals surface area (Å²) in [5.74, 6) is 5.10. The lowest BCUT2D eigenvalue weighted by Gasteiger charge is -1.92. The van der Waals surface area contributed by atoms with Crippen LogP contribution in [0.15, 0.2) is 0 Å². The van der Waals surface area contributed by atoms with Crippen LogP contribution in [0.5, 0.6) is 0 Å². The van der Waals surface area contributed by atoms with E-state index in [4.69, 9.17) is 15.5 Å². The molecule has 0 radical (unpaired) electrons. The van der Waals surface area contributed by atoms with Gasteiger partial charge in [0.1, 0.15) is 6.10 Å². The smallest absolute Gasteiger partial charge is 0.137 e. The molecule has 0 amide bonds. The fraction of sp³-hybridized carbons (Fsp3) is 0.625. The zero-order valence-corrected chi connectivity index (χ0v) is 6.25. The number of unbranched alkanes of at least 4 members (excludes halogenated alkanes) is 2. The summed E-state index contributed by atoms with van der Waals surface area (Å²) in [5.41, 5.74) is 0. The molecule has 0 aliphatic carbocycles. The first-order valence-electron chi connectivity index (χ1n) is 3.45. The highest BCUT2D eigenvalue weighted by Gasteiger charge is 1.91. The number of hydrogen-bond donors (Lipinski definition) is 2. The van der Waals surface area contributed by atoms with E-state index in [9.17, 15) is 0 Å². The molecule has 0 rings (SSSR count). The predicted molar refractivity (Wildman–Crippen MR) is 40.3 cm³/mol. The van der Waals surface area contributed by atoms with Crippen molar-refractivity contribution in [3.8, 4) is 17.9 Å². The highest BCUT2D eigenvalue weighted by Crippen LogP contribution is 1.90. The molecule has 0 aliphatic heterocycles. The van der Waals surface area contributed by atoms with E-state index >= 15 is 0 Å². The van der Waals surface area contributed by atoms with Gasteiger partial charge in [0.05, 0.1) is 12.7 Å². The van der Waals surface area contributed by atoms with E-state index in [1.807, 2.05) is 6.07 Å². The molecule has 11 heavy (non-hydrogen) atoms. The van der Waals surface area contributed by atoms with Crippen molar-refractivity contribution in [2.75, 3.05) is 6.61 Å². The standard InChI is InChI=1S/C8H11NO2/c9-6-4-2-1-3-5-8(11)7-10/h8,10-11H,1-2,4,7H2. The molecule has 0 aromatic carbocycles. The van der Waals surface area contributed by atoms with E-state index in [2.05, 4.69) is 11.8 Å². The van der Waals surface area contributed by atoms with Gasteiger partial charge in [-0.2, -0.15) is 5.26 Å². The molecule has 0 bridgehead atoms. The Morgan fingerprint density at radius 2 is 2.09 bits per heavy atom. The van der Waals surface area contributed by atoms with Crippen molar-refractivity contribution in [3.63, 3.8) is 0 Å². The van der Waals surface area contributed by atoms with Crippen molar-refractivity contribution in [2.24, 2.45) is 0 Å². The Hall–Kier alpha value is -1.03. The summed E-state index contributed by atoms with van der Waals surface area (Å²) in [6.07, 6.45) is 0.882. The van der Waals surface area contributed by atoms with Crippen LogP contribution >= 0.6 is 0 Å². The number of rotatable bonds is 3. The third-order valence-corrected chi connectivity index (χ3v) is 1.03. The van der Waals surface area contributed by atoms with Gasteiger partial charge in [-0.15, -0.1) is 5.92 Å². The largest absolute Gasteiger partial charge is 0.393 e. The minimum Gasteiger partial charge on any atom is -0.393 e. The second-order valence-corrected chi connectivity index (χ2v) is 2.03. The highest BCUT2D eigenvalue weighted by molar-refractivity contribution is 5.04. The second-order valence-electron chi connectivity index (χ2n) is 2.03. The van der Waals surface area contributed by atoms with Gasteiger partial charge in [0.25, 0.3) is 0 Å². The van der Waals surface area contributed by atoms with Crippen molar-refractivity contribution in [1.29, 1.82) is 5.26 Å². The van der Waals surface area contributed by atoms with Gasteiger partial charge < -0.3 is 10.2 Å². The molecule has 3 nitrogen and oxygen atoms in total. The van der Waals surface area contributed by atoms with Gasteiger partial charge in [-0.3, -0.25) is 0 Å². The molecule has 0 fully saturated rings. The predicted octanol–water partition coefficient (Wildman–Crippen LogP) is 0.0369. The molecule has 3 heteroatoms. The summed E-state index contributed by atoms with van der Waals surface area (Å²) in [6.45, 7) is -0.328. The van der Waals surface area contributed by atoms with Crippen LogP contribution in [0.1, 0.15) is 19.3 Å². The summed E-state index contributed by atoms with van der Waals surface area (Å²) < 4.78 is 0. The molecular weight excluding hydrogens is 142 g/mol. The zero-order valence-electron chi connectivity index (χ0n) is 6.25. The average Bonchev–Trinajstić information content (AvgIpc) is 2.04. The minimum absolute atomic E-state index is 0.328. The third kappa shape index (κ3) is 6.86. The van der Waals surface area contributed by atoms with E-state index in [0.29, 0.717) is 12.8 Å². The van der Waals surface area contributed by atoms with Gasteiger partial charge in [0, 0.05) is 12.8 Å². The van der Waals surface area contributed by atoms with Crippen LogP contribution in [0.25, 0.3) is 0 Å². The van der Waals surface area contributed by atoms with Gasteiger partial charge in [0.15, 0.2) is 0 Å². The fourth-order valence-electron chi connectivity index (χ4n) is 0.491. The van der Waals surface area contributed by atoms with Gasteiger partial charge >= 0.3 is 0 Å². The van der Waals surface area contributed by atoms with E-state index in [-0.39, 0.29) is 6.61 Å². The molecule has 0 aromatic rings. The van der Waals surface area contributed by atoms with Crippen LogP contribution < -0.4 is 0 Å². The lowest BCUT2D eigenvalue weighted by atomic mass is 10.2. The molecule has 0 heterocycles. The molecule has 2 N–H and O–H groups in total. The highest BCUT2D eigenvalue weighted by atomic mass is 16.3. The van der Waals surface area contributed by atoms with Gasteiger partial charge in [0.2, 0.25) is 0 Å². The third-order valence-electron chi connectivity index (χ3n) is 1.03. The van der Waals surface area contributed by atoms with E-state index in [1.165, 1.54) is 0 Å². The monoisotopic (exact) mass is 153 g/mol. The SMILES string of the molecule is N#CCCCC#CC(O)CO. The quantitative estimate of drug-likeness (QED) is 0.444. The van der Waals surface area contributed by atoms with Crippen LogP contribution in [0.4, 0.5) is 0 Å². The molecule has 0 saturated carbocycles. The normalized spacial score (nSPS) is 11.0. The lowest BCUT2D eigenvalue weighted by Crippen LogP contribution is -2.07. The van der Waals surface area contributed by atoms with Crippen molar-refractivity contribution >= 4 is 0 Å². The second kappa shape index (κ2) is 7.08. The average molecular weight is 153 g/mol. The molecule has 0 aliphatic rings. The summed E-state index contributed by atoms with van der Waals surface area (Å²) >= 11 is 0. The maximum Gasteiger partial charge on any atom is 0.137 e. The Bertz CT molecular complexity index is 184. The Balaban J connectivity index is 3.34. The Morgan fingerprint density at radius 3 is 2.64 bits per heavy atom. The molecule has 1 unspecified atom stereocenters. The first-order chi connectivity index (χ1) is 5.31. The van der Waals surface area contributed by atoms with Gasteiger partial charge in [-0.1, -0.05) is 5.92 Å². The van der Waals surface area contributed by atoms with Crippen molar-refractivity contribution < 1.29 is 10.2 Å². The minimum atomic E-state index is -0.933. The Labute approximate surface area is 66.3 Å². The number of nitriles is 1. The van der Waals surface area contributed by atoms with Crippen LogP contribution in [-0.4, -0.2) is 22.9 Å². The lowest BCUT2D eigenvalue weighted by molar-refractivity contribution is 0.138. The van der Waals surface area contributed by atoms with Gasteiger partial charge in [-0.05, 0) is 6.42 Å². The summed E-state index contributed by atoms with van der Waals surface area (Å²) in [6, 6.07) is 1.99. The maximum atomic E-state index is 8.73. The number of aliphatic hydroxyl groups excluding tert-OH is 2. The van der Waals surface area contributed by atoms with E-state index in [1.54, 1.807) is 0 Å². The first kappa shape index (κ1) is 9.97. The molecule has 0 aromatic heterocycles. The molecule has 0 spiro atoms. The maximum absolute atomic E-state index is 8.73. The zero-order chi connectivity index (χ0) is 8.53. The van der Waals surface area contributed by atoms with Crippen molar-refractivity contribution in [2.45, 2.75) is 25.4 Å². The molecule has 0 saturated heterocycles. The van der Waals surface area contributed by atoms with Crippen molar-refractivity contribution in [1.82, 2.24) is 0 Å². The molecule has 60 valence electrons. The van der Waals surface area contributed by atoms with Crippen molar-refractivity contribution in [3.05, 3.63) is 0 Å². The summed E-state index contributed by atoms with van der Waals surface area (Å²) in [7, 11) is 0. The first-order valence-corrected chi connectivity index (χ1v) is 3.45. The number of aliphatic hydroxyl groups is 2. The van der Waals surface area contributed by atoms with Crippen LogP contribution in [0.3, 0.4) is 0 Å². The summed E-state index contributed by atoms with van der Waals surface area (Å²) in [5, 5.41) is 25.2.